The lowest BCUT2D eigenvalue weighted by Crippen LogP contribution is -2.42. The number of rotatable bonds is 0. The third-order valence-electron chi connectivity index (χ3n) is 17.1. The molecule has 0 aliphatic carbocycles. The highest BCUT2D eigenvalue weighted by atomic mass is 16.5. The molecule has 5 heterocycles. The lowest BCUT2D eigenvalue weighted by Gasteiger charge is -2.46. The standard InChI is InChI=1S/C14H22.C13H26O.2C12H24O.2C11H20N2/c1-13(2,3)11-9-7-8-10-12(11)14(4,5)6;1-12(2,3)10-7-8-14-9-11(10)13(4,5)6;2*1-11(2,3)9-7-13-8-10(9)12(4,5)6;2*1-10(2,3)8-7-12-13-9(8)11(4,5)6/h7-10H,1-6H3;10-11H,7-9H2,1-6H3;2*9-10H,7-8H2,1-6H3;2*7H,1-6H3,(H,12,13). The number of nitrogens with zero attached hydrogens (tertiary/aromatic N) is 2. The van der Waals surface area contributed by atoms with Crippen LogP contribution in [0.3, 0.4) is 0 Å². The van der Waals surface area contributed by atoms with Crippen molar-refractivity contribution < 1.29 is 14.2 Å². The van der Waals surface area contributed by atoms with Crippen LogP contribution in [0.15, 0.2) is 36.7 Å². The van der Waals surface area contributed by atoms with E-state index in [2.05, 4.69) is 294 Å². The first kappa shape index (κ1) is 75.5. The van der Waals surface area contributed by atoms with Crippen LogP contribution in [-0.4, -0.2) is 60.0 Å². The van der Waals surface area contributed by atoms with Gasteiger partial charge >= 0.3 is 0 Å². The summed E-state index contributed by atoms with van der Waals surface area (Å²) in [6, 6.07) is 8.77. The van der Waals surface area contributed by atoms with Crippen molar-refractivity contribution in [3.8, 4) is 0 Å². The van der Waals surface area contributed by atoms with Crippen molar-refractivity contribution in [1.82, 2.24) is 20.4 Å². The van der Waals surface area contributed by atoms with E-state index in [4.69, 9.17) is 14.2 Å². The molecular formula is C73H136N4O3. The average molecular weight is 1120 g/mol. The number of hydrogen-bond donors (Lipinski definition) is 2. The fraction of sp³-hybridized carbons (Fsp3) is 0.836. The SMILES string of the molecule is CC(C)(C)C1CCOCC1C(C)(C)C.CC(C)(C)C1COCC1C(C)(C)C.CC(C)(C)C1COCC1C(C)(C)C.CC(C)(C)c1ccccc1C(C)(C)C.CC(C)(C)c1cn[nH]c1C(C)(C)C.CC(C)(C)c1cn[nH]c1C(C)(C)C. The van der Waals surface area contributed by atoms with E-state index in [0.717, 1.165) is 45.6 Å². The molecule has 0 saturated carbocycles. The van der Waals surface area contributed by atoms with Crippen LogP contribution in [0.1, 0.15) is 289 Å². The normalized spacial score (nSPS) is 22.0. The minimum absolute atomic E-state index is 0.152. The van der Waals surface area contributed by atoms with Crippen LogP contribution in [0, 0.1) is 68.0 Å². The molecule has 2 aromatic heterocycles. The van der Waals surface area contributed by atoms with Crippen LogP contribution in [0.25, 0.3) is 0 Å². The van der Waals surface area contributed by atoms with E-state index in [1.54, 1.807) is 0 Å². The minimum atomic E-state index is 0.152. The van der Waals surface area contributed by atoms with Crippen molar-refractivity contribution in [2.24, 2.45) is 68.0 Å². The Kier molecular flexibility index (Phi) is 26.2. The zero-order valence-corrected chi connectivity index (χ0v) is 60.0. The Hall–Kier alpha value is -2.48. The Labute approximate surface area is 498 Å². The molecule has 2 N–H and O–H groups in total. The molecule has 6 unspecified atom stereocenters. The summed E-state index contributed by atoms with van der Waals surface area (Å²) in [5.74, 6) is 4.37. The lowest BCUT2D eigenvalue weighted by molar-refractivity contribution is -0.0656. The number of benzene rings is 1. The van der Waals surface area contributed by atoms with E-state index in [-0.39, 0.29) is 32.5 Å². The van der Waals surface area contributed by atoms with Gasteiger partial charge in [-0.1, -0.05) is 274 Å². The third kappa shape index (κ3) is 24.2. The second-order valence-corrected chi connectivity index (χ2v) is 37.1. The summed E-state index contributed by atoms with van der Waals surface area (Å²) >= 11 is 0. The number of hydrogen-bond acceptors (Lipinski definition) is 5. The molecule has 466 valence electrons. The second kappa shape index (κ2) is 27.7. The number of H-pyrrole nitrogens is 2. The van der Waals surface area contributed by atoms with E-state index in [9.17, 15) is 0 Å². The molecule has 0 amide bonds. The van der Waals surface area contributed by atoms with Crippen molar-refractivity contribution >= 4 is 0 Å². The Morgan fingerprint density at radius 3 is 0.713 bits per heavy atom. The van der Waals surface area contributed by atoms with Crippen LogP contribution in [0.2, 0.25) is 0 Å². The maximum absolute atomic E-state index is 5.63. The molecule has 3 aliphatic heterocycles. The van der Waals surface area contributed by atoms with Gasteiger partial charge in [0.15, 0.2) is 0 Å². The van der Waals surface area contributed by atoms with Crippen LogP contribution in [0.5, 0.6) is 0 Å². The minimum Gasteiger partial charge on any atom is -0.381 e. The summed E-state index contributed by atoms with van der Waals surface area (Å²) in [5, 5.41) is 14.5. The van der Waals surface area contributed by atoms with Crippen molar-refractivity contribution in [2.45, 2.75) is 288 Å². The monoisotopic (exact) mass is 1120 g/mol. The van der Waals surface area contributed by atoms with Gasteiger partial charge in [-0.15, -0.1) is 0 Å². The summed E-state index contributed by atoms with van der Waals surface area (Å²) in [5.41, 5.74) is 11.5. The number of ether oxygens (including phenoxy) is 3. The van der Waals surface area contributed by atoms with Crippen LogP contribution < -0.4 is 0 Å². The summed E-state index contributed by atoms with van der Waals surface area (Å²) in [6.45, 7) is 87.9. The van der Waals surface area contributed by atoms with E-state index in [0.29, 0.717) is 62.1 Å². The Bertz CT molecular complexity index is 1970. The number of nitrogens with one attached hydrogen (secondary N) is 2. The van der Waals surface area contributed by atoms with Crippen LogP contribution >= 0.6 is 0 Å². The van der Waals surface area contributed by atoms with Gasteiger partial charge in [-0.25, -0.2) is 0 Å². The zero-order valence-electron chi connectivity index (χ0n) is 60.0. The molecular weight excluding hydrogens is 981 g/mol. The summed E-state index contributed by atoms with van der Waals surface area (Å²) < 4.78 is 16.9. The summed E-state index contributed by atoms with van der Waals surface area (Å²) in [6.07, 6.45) is 5.12. The Morgan fingerprint density at radius 2 is 0.525 bits per heavy atom. The largest absolute Gasteiger partial charge is 0.381 e. The average Bonchev–Trinajstić information content (AvgIpc) is 4.08. The predicted molar refractivity (Wildman–Crippen MR) is 351 cm³/mol. The molecule has 7 nitrogen and oxygen atoms in total. The molecule has 3 saturated heterocycles. The van der Waals surface area contributed by atoms with Crippen LogP contribution in [-0.2, 0) is 46.7 Å². The van der Waals surface area contributed by atoms with Crippen molar-refractivity contribution in [3.05, 3.63) is 70.3 Å². The van der Waals surface area contributed by atoms with Gasteiger partial charge in [0.1, 0.15) is 0 Å². The molecule has 0 bridgehead atoms. The van der Waals surface area contributed by atoms with Gasteiger partial charge in [-0.2, -0.15) is 10.2 Å². The van der Waals surface area contributed by atoms with E-state index in [1.807, 2.05) is 12.4 Å². The molecule has 3 aliphatic rings. The van der Waals surface area contributed by atoms with Gasteiger partial charge in [0.05, 0.1) is 45.4 Å². The van der Waals surface area contributed by atoms with Crippen LogP contribution in [0.4, 0.5) is 0 Å². The Balaban J connectivity index is 0.000000480. The van der Waals surface area contributed by atoms with Crippen molar-refractivity contribution in [1.29, 1.82) is 0 Å². The zero-order chi connectivity index (χ0) is 63.1. The first-order valence-electron chi connectivity index (χ1n) is 31.3. The van der Waals surface area contributed by atoms with Crippen molar-refractivity contribution in [2.75, 3.05) is 39.6 Å². The first-order valence-corrected chi connectivity index (χ1v) is 31.3. The Morgan fingerprint density at radius 1 is 0.300 bits per heavy atom. The molecule has 0 radical (unpaired) electrons. The molecule has 6 atom stereocenters. The highest BCUT2D eigenvalue weighted by molar-refractivity contribution is 5.37. The molecule has 0 spiro atoms. The fourth-order valence-electron chi connectivity index (χ4n) is 11.8. The third-order valence-corrected chi connectivity index (χ3v) is 17.1. The quantitative estimate of drug-likeness (QED) is 0.234. The maximum Gasteiger partial charge on any atom is 0.0527 e. The topological polar surface area (TPSA) is 85.0 Å². The molecule has 80 heavy (non-hydrogen) atoms. The predicted octanol–water partition coefficient (Wildman–Crippen LogP) is 20.7. The van der Waals surface area contributed by atoms with E-state index >= 15 is 0 Å². The molecule has 3 fully saturated rings. The smallest absolute Gasteiger partial charge is 0.0527 e. The van der Waals surface area contributed by atoms with Gasteiger partial charge in [-0.3, -0.25) is 10.2 Å². The fourth-order valence-corrected chi connectivity index (χ4v) is 11.8. The summed E-state index contributed by atoms with van der Waals surface area (Å²) in [7, 11) is 0. The lowest BCUT2D eigenvalue weighted by atomic mass is 9.63. The van der Waals surface area contributed by atoms with Gasteiger partial charge in [-0.05, 0) is 118 Å². The molecule has 3 aromatic rings. The van der Waals surface area contributed by atoms with Gasteiger partial charge in [0, 0.05) is 28.8 Å². The van der Waals surface area contributed by atoms with Gasteiger partial charge in [0.25, 0.3) is 0 Å². The maximum atomic E-state index is 5.63. The van der Waals surface area contributed by atoms with Gasteiger partial charge < -0.3 is 14.2 Å². The molecule has 6 rings (SSSR count). The first-order chi connectivity index (χ1) is 35.4. The second-order valence-electron chi connectivity index (χ2n) is 37.1. The van der Waals surface area contributed by atoms with Crippen molar-refractivity contribution in [3.63, 3.8) is 0 Å². The highest BCUT2D eigenvalue weighted by Crippen LogP contribution is 2.47. The van der Waals surface area contributed by atoms with E-state index < -0.39 is 0 Å². The number of aromatic nitrogens is 4. The number of aromatic amines is 2. The molecule has 1 aromatic carbocycles. The van der Waals surface area contributed by atoms with Gasteiger partial charge in [0.2, 0.25) is 0 Å². The van der Waals surface area contributed by atoms with E-state index in [1.165, 1.54) is 40.1 Å². The highest BCUT2D eigenvalue weighted by Gasteiger charge is 2.44. The molecule has 7 heteroatoms. The summed E-state index contributed by atoms with van der Waals surface area (Å²) in [4.78, 5) is 0.